The molecule has 1 aromatic heterocycles. The Kier molecular flexibility index (Phi) is 6.42. The molecule has 0 saturated heterocycles. The van der Waals surface area contributed by atoms with E-state index in [1.807, 2.05) is 53.4 Å². The van der Waals surface area contributed by atoms with Crippen LogP contribution in [0, 0.1) is 0 Å². The lowest BCUT2D eigenvalue weighted by molar-refractivity contribution is -0.120. The van der Waals surface area contributed by atoms with Crippen LogP contribution in [0.3, 0.4) is 0 Å². The number of hydrogen-bond acceptors (Lipinski definition) is 3. The number of benzene rings is 2. The molecule has 0 saturated carbocycles. The van der Waals surface area contributed by atoms with Gasteiger partial charge in [-0.3, -0.25) is 14.4 Å². The molecule has 4 N–H and O–H groups in total. The summed E-state index contributed by atoms with van der Waals surface area (Å²) in [6, 6.07) is 18.5. The van der Waals surface area contributed by atoms with Gasteiger partial charge in [-0.05, 0) is 47.5 Å². The van der Waals surface area contributed by atoms with Crippen molar-refractivity contribution in [1.82, 2.24) is 15.2 Å². The van der Waals surface area contributed by atoms with Crippen LogP contribution in [-0.2, 0) is 22.6 Å². The molecule has 0 aliphatic heterocycles. The third-order valence-corrected chi connectivity index (χ3v) is 4.33. The highest BCUT2D eigenvalue weighted by molar-refractivity contribution is 5.96. The number of aromatic nitrogens is 1. The van der Waals surface area contributed by atoms with Gasteiger partial charge in [0.25, 0.3) is 5.91 Å². The van der Waals surface area contributed by atoms with Gasteiger partial charge in [-0.2, -0.15) is 0 Å². The van der Waals surface area contributed by atoms with Crippen LogP contribution in [0.1, 0.15) is 21.5 Å². The monoisotopic (exact) mass is 390 g/mol. The second-order valence-corrected chi connectivity index (χ2v) is 6.56. The Morgan fingerprint density at radius 2 is 1.45 bits per heavy atom. The topological polar surface area (TPSA) is 106 Å². The summed E-state index contributed by atoms with van der Waals surface area (Å²) >= 11 is 0. The number of carbonyl (C=O) groups is 3. The lowest BCUT2D eigenvalue weighted by Gasteiger charge is -2.08. The first kappa shape index (κ1) is 19.9. The predicted molar refractivity (Wildman–Crippen MR) is 109 cm³/mol. The summed E-state index contributed by atoms with van der Waals surface area (Å²) in [5.41, 5.74) is 8.26. The van der Waals surface area contributed by atoms with E-state index >= 15 is 0 Å². The zero-order valence-corrected chi connectivity index (χ0v) is 15.8. The standard InChI is InChI=1S/C22H22N4O3/c23-20(27)15-25-22(29)18-7-3-17(4-8-18)14-24-21(28)13-16-5-9-19(10-6-16)26-11-1-2-12-26/h1-12H,13-15H2,(H2,23,27)(H,24,28)(H,25,29). The fourth-order valence-corrected chi connectivity index (χ4v) is 2.78. The molecule has 0 bridgehead atoms. The fraction of sp³-hybridized carbons (Fsp3) is 0.136. The van der Waals surface area contributed by atoms with E-state index in [4.69, 9.17) is 5.73 Å². The Labute approximate surface area is 168 Å². The Morgan fingerprint density at radius 1 is 0.828 bits per heavy atom. The average molecular weight is 390 g/mol. The third-order valence-electron chi connectivity index (χ3n) is 4.33. The second-order valence-electron chi connectivity index (χ2n) is 6.56. The molecule has 0 aliphatic carbocycles. The van der Waals surface area contributed by atoms with Gasteiger partial charge in [0.05, 0.1) is 13.0 Å². The molecule has 3 rings (SSSR count). The highest BCUT2D eigenvalue weighted by atomic mass is 16.2. The van der Waals surface area contributed by atoms with Gasteiger partial charge in [-0.25, -0.2) is 0 Å². The maximum atomic E-state index is 12.2. The molecule has 148 valence electrons. The number of nitrogens with two attached hydrogens (primary N) is 1. The molecular formula is C22H22N4O3. The first-order valence-electron chi connectivity index (χ1n) is 9.16. The fourth-order valence-electron chi connectivity index (χ4n) is 2.78. The van der Waals surface area contributed by atoms with Gasteiger partial charge >= 0.3 is 0 Å². The molecule has 3 aromatic rings. The molecule has 7 nitrogen and oxygen atoms in total. The molecule has 0 aliphatic rings. The van der Waals surface area contributed by atoms with Gasteiger partial charge in [0.1, 0.15) is 0 Å². The SMILES string of the molecule is NC(=O)CNC(=O)c1ccc(CNC(=O)Cc2ccc(-n3cccc3)cc2)cc1. The van der Waals surface area contributed by atoms with Crippen molar-refractivity contribution in [3.8, 4) is 5.69 Å². The van der Waals surface area contributed by atoms with Crippen molar-refractivity contribution in [3.05, 3.63) is 89.7 Å². The molecule has 2 aromatic carbocycles. The Morgan fingerprint density at radius 3 is 2.07 bits per heavy atom. The molecule has 0 fully saturated rings. The molecule has 3 amide bonds. The summed E-state index contributed by atoms with van der Waals surface area (Å²) in [6.07, 6.45) is 4.22. The summed E-state index contributed by atoms with van der Waals surface area (Å²) < 4.78 is 2.00. The van der Waals surface area contributed by atoms with Crippen molar-refractivity contribution in [2.24, 2.45) is 5.73 Å². The van der Waals surface area contributed by atoms with E-state index < -0.39 is 5.91 Å². The Hall–Kier alpha value is -3.87. The Balaban J connectivity index is 1.47. The van der Waals surface area contributed by atoms with Crippen LogP contribution in [0.25, 0.3) is 5.69 Å². The van der Waals surface area contributed by atoms with E-state index in [0.29, 0.717) is 18.5 Å². The van der Waals surface area contributed by atoms with Crippen LogP contribution in [0.4, 0.5) is 0 Å². The van der Waals surface area contributed by atoms with Gasteiger partial charge < -0.3 is 20.9 Å². The minimum atomic E-state index is -0.600. The van der Waals surface area contributed by atoms with E-state index in [-0.39, 0.29) is 18.4 Å². The number of nitrogens with zero attached hydrogens (tertiary/aromatic N) is 1. The summed E-state index contributed by atoms with van der Waals surface area (Å²) in [5, 5.41) is 5.30. The normalized spacial score (nSPS) is 10.3. The predicted octanol–water partition coefficient (Wildman–Crippen LogP) is 1.55. The first-order valence-corrected chi connectivity index (χ1v) is 9.16. The third kappa shape index (κ3) is 5.80. The summed E-state index contributed by atoms with van der Waals surface area (Å²) in [5.74, 6) is -1.05. The minimum Gasteiger partial charge on any atom is -0.368 e. The van der Waals surface area contributed by atoms with E-state index in [2.05, 4.69) is 10.6 Å². The number of amides is 3. The quantitative estimate of drug-likeness (QED) is 0.543. The maximum Gasteiger partial charge on any atom is 0.251 e. The molecule has 1 heterocycles. The van der Waals surface area contributed by atoms with Crippen LogP contribution in [0.5, 0.6) is 0 Å². The zero-order chi connectivity index (χ0) is 20.6. The van der Waals surface area contributed by atoms with Crippen LogP contribution < -0.4 is 16.4 Å². The maximum absolute atomic E-state index is 12.2. The van der Waals surface area contributed by atoms with Crippen molar-refractivity contribution >= 4 is 17.7 Å². The number of primary amides is 1. The molecule has 29 heavy (non-hydrogen) atoms. The van der Waals surface area contributed by atoms with E-state index in [1.165, 1.54) is 0 Å². The van der Waals surface area contributed by atoms with Crippen LogP contribution >= 0.6 is 0 Å². The van der Waals surface area contributed by atoms with Crippen molar-refractivity contribution in [3.63, 3.8) is 0 Å². The van der Waals surface area contributed by atoms with Crippen molar-refractivity contribution < 1.29 is 14.4 Å². The zero-order valence-electron chi connectivity index (χ0n) is 15.8. The van der Waals surface area contributed by atoms with Gasteiger partial charge in [0, 0.05) is 30.2 Å². The lowest BCUT2D eigenvalue weighted by Crippen LogP contribution is -2.33. The van der Waals surface area contributed by atoms with E-state index in [0.717, 1.165) is 16.8 Å². The Bertz CT molecular complexity index is 978. The van der Waals surface area contributed by atoms with Crippen LogP contribution in [0.2, 0.25) is 0 Å². The highest BCUT2D eigenvalue weighted by Gasteiger charge is 2.07. The largest absolute Gasteiger partial charge is 0.368 e. The second kappa shape index (κ2) is 9.36. The van der Waals surface area contributed by atoms with Gasteiger partial charge in [-0.1, -0.05) is 24.3 Å². The van der Waals surface area contributed by atoms with Crippen molar-refractivity contribution in [2.45, 2.75) is 13.0 Å². The van der Waals surface area contributed by atoms with Gasteiger partial charge in [-0.15, -0.1) is 0 Å². The molecular weight excluding hydrogens is 368 g/mol. The highest BCUT2D eigenvalue weighted by Crippen LogP contribution is 2.11. The number of rotatable bonds is 8. The van der Waals surface area contributed by atoms with Crippen molar-refractivity contribution in [1.29, 1.82) is 0 Å². The smallest absolute Gasteiger partial charge is 0.251 e. The van der Waals surface area contributed by atoms with E-state index in [9.17, 15) is 14.4 Å². The van der Waals surface area contributed by atoms with Gasteiger partial charge in [0.15, 0.2) is 0 Å². The average Bonchev–Trinajstić information content (AvgIpc) is 3.26. The molecule has 0 unspecified atom stereocenters. The van der Waals surface area contributed by atoms with Gasteiger partial charge in [0.2, 0.25) is 11.8 Å². The summed E-state index contributed by atoms with van der Waals surface area (Å²) in [4.78, 5) is 34.7. The van der Waals surface area contributed by atoms with Crippen molar-refractivity contribution in [2.75, 3.05) is 6.54 Å². The number of hydrogen-bond donors (Lipinski definition) is 3. The molecule has 0 atom stereocenters. The van der Waals surface area contributed by atoms with E-state index in [1.54, 1.807) is 24.3 Å². The summed E-state index contributed by atoms with van der Waals surface area (Å²) in [6.45, 7) is 0.159. The summed E-state index contributed by atoms with van der Waals surface area (Å²) in [7, 11) is 0. The number of nitrogens with one attached hydrogen (secondary N) is 2. The van der Waals surface area contributed by atoms with Crippen LogP contribution in [0.15, 0.2) is 73.1 Å². The lowest BCUT2D eigenvalue weighted by atomic mass is 10.1. The number of carbonyl (C=O) groups excluding carboxylic acids is 3. The molecule has 7 heteroatoms. The molecule has 0 radical (unpaired) electrons. The minimum absolute atomic E-state index is 0.0815. The van der Waals surface area contributed by atoms with Crippen LogP contribution in [-0.4, -0.2) is 28.8 Å². The first-order chi connectivity index (χ1) is 14.0. The molecule has 0 spiro atoms.